The minimum absolute atomic E-state index is 0.00687. The van der Waals surface area contributed by atoms with E-state index in [4.69, 9.17) is 11.6 Å². The molecule has 2 atom stereocenters. The summed E-state index contributed by atoms with van der Waals surface area (Å²) in [5, 5.41) is 12.0. The minimum atomic E-state index is -3.92. The van der Waals surface area contributed by atoms with Crippen LogP contribution in [0.25, 0.3) is 0 Å². The van der Waals surface area contributed by atoms with E-state index in [0.29, 0.717) is 5.56 Å². The van der Waals surface area contributed by atoms with Gasteiger partial charge in [0.15, 0.2) is 0 Å². The predicted octanol–water partition coefficient (Wildman–Crippen LogP) is 2.40. The standard InChI is InChI=1S/C17H17ClFN3O4S/c1-22-16(17(24)20-11-5-6-14(19)13(18)8-11)9-15(21-27(22,25)26)10-3-2-4-12(23)7-10/h2-8,15-16,21,23H,9H2,1H3,(H,20,24). The van der Waals surface area contributed by atoms with Gasteiger partial charge < -0.3 is 10.4 Å². The molecule has 27 heavy (non-hydrogen) atoms. The molecule has 3 N–H and O–H groups in total. The zero-order chi connectivity index (χ0) is 19.8. The zero-order valence-electron chi connectivity index (χ0n) is 14.2. The molecule has 144 valence electrons. The summed E-state index contributed by atoms with van der Waals surface area (Å²) in [7, 11) is -2.62. The van der Waals surface area contributed by atoms with E-state index < -0.39 is 34.0 Å². The van der Waals surface area contributed by atoms with Crippen LogP contribution in [0.5, 0.6) is 5.75 Å². The van der Waals surface area contributed by atoms with Gasteiger partial charge in [-0.15, -0.1) is 0 Å². The molecule has 1 saturated heterocycles. The van der Waals surface area contributed by atoms with Crippen LogP contribution in [0.4, 0.5) is 10.1 Å². The van der Waals surface area contributed by atoms with Gasteiger partial charge in [0.1, 0.15) is 17.6 Å². The molecular weight excluding hydrogens is 397 g/mol. The van der Waals surface area contributed by atoms with Gasteiger partial charge in [0.25, 0.3) is 10.2 Å². The van der Waals surface area contributed by atoms with Crippen LogP contribution in [0.3, 0.4) is 0 Å². The molecule has 1 heterocycles. The highest BCUT2D eigenvalue weighted by Crippen LogP contribution is 2.30. The van der Waals surface area contributed by atoms with Crippen LogP contribution in [-0.4, -0.2) is 36.8 Å². The normalized spacial score (nSPS) is 22.3. The number of likely N-dealkylation sites (N-methyl/N-ethyl adjacent to an activating group) is 1. The lowest BCUT2D eigenvalue weighted by atomic mass is 9.99. The lowest BCUT2D eigenvalue weighted by Gasteiger charge is -2.36. The molecule has 1 amide bonds. The van der Waals surface area contributed by atoms with Gasteiger partial charge in [-0.25, -0.2) is 4.39 Å². The van der Waals surface area contributed by atoms with Gasteiger partial charge in [-0.3, -0.25) is 4.79 Å². The first kappa shape index (κ1) is 19.6. The second-order valence-electron chi connectivity index (χ2n) is 6.16. The van der Waals surface area contributed by atoms with E-state index in [1.165, 1.54) is 31.3 Å². The number of carbonyl (C=O) groups excluding carboxylic acids is 1. The van der Waals surface area contributed by atoms with Gasteiger partial charge in [-0.05, 0) is 42.3 Å². The Morgan fingerprint density at radius 3 is 2.74 bits per heavy atom. The number of aromatic hydroxyl groups is 1. The van der Waals surface area contributed by atoms with E-state index in [2.05, 4.69) is 10.0 Å². The quantitative estimate of drug-likeness (QED) is 0.719. The Bertz CT molecular complexity index is 986. The van der Waals surface area contributed by atoms with E-state index in [9.17, 15) is 22.7 Å². The van der Waals surface area contributed by atoms with Crippen molar-refractivity contribution >= 4 is 33.4 Å². The van der Waals surface area contributed by atoms with Crippen LogP contribution in [-0.2, 0) is 15.0 Å². The number of halogens is 2. The number of nitrogens with zero attached hydrogens (tertiary/aromatic N) is 1. The summed E-state index contributed by atoms with van der Waals surface area (Å²) in [6.45, 7) is 0. The molecule has 0 radical (unpaired) electrons. The minimum Gasteiger partial charge on any atom is -0.508 e. The van der Waals surface area contributed by atoms with Crippen molar-refractivity contribution in [1.82, 2.24) is 9.03 Å². The SMILES string of the molecule is CN1C(C(=O)Nc2ccc(F)c(Cl)c2)CC(c2cccc(O)c2)NS1(=O)=O. The summed E-state index contributed by atoms with van der Waals surface area (Å²) >= 11 is 5.71. The zero-order valence-corrected chi connectivity index (χ0v) is 15.8. The maximum atomic E-state index is 13.3. The first-order chi connectivity index (χ1) is 12.7. The van der Waals surface area contributed by atoms with Crippen LogP contribution in [0.2, 0.25) is 5.02 Å². The molecule has 0 aromatic heterocycles. The summed E-state index contributed by atoms with van der Waals surface area (Å²) < 4.78 is 41.5. The lowest BCUT2D eigenvalue weighted by Crippen LogP contribution is -2.55. The highest BCUT2D eigenvalue weighted by atomic mass is 35.5. The molecule has 0 spiro atoms. The Morgan fingerprint density at radius 2 is 2.07 bits per heavy atom. The highest BCUT2D eigenvalue weighted by molar-refractivity contribution is 7.87. The van der Waals surface area contributed by atoms with Crippen molar-refractivity contribution in [2.75, 3.05) is 12.4 Å². The number of rotatable bonds is 3. The van der Waals surface area contributed by atoms with Gasteiger partial charge in [0.05, 0.1) is 11.1 Å². The molecule has 0 aliphatic carbocycles. The average Bonchev–Trinajstić information content (AvgIpc) is 2.60. The number of nitrogens with one attached hydrogen (secondary N) is 2. The van der Waals surface area contributed by atoms with Crippen molar-refractivity contribution in [1.29, 1.82) is 0 Å². The fourth-order valence-corrected chi connectivity index (χ4v) is 4.32. The number of benzene rings is 2. The Morgan fingerprint density at radius 1 is 1.33 bits per heavy atom. The van der Waals surface area contributed by atoms with Crippen LogP contribution in [0.15, 0.2) is 42.5 Å². The second-order valence-corrected chi connectivity index (χ2v) is 8.33. The van der Waals surface area contributed by atoms with Crippen molar-refractivity contribution in [2.24, 2.45) is 0 Å². The van der Waals surface area contributed by atoms with Crippen LogP contribution in [0.1, 0.15) is 18.0 Å². The fourth-order valence-electron chi connectivity index (χ4n) is 2.87. The number of hydrogen-bond donors (Lipinski definition) is 3. The third-order valence-corrected chi connectivity index (χ3v) is 6.22. The third kappa shape index (κ3) is 4.22. The van der Waals surface area contributed by atoms with Crippen LogP contribution in [0, 0.1) is 5.82 Å². The Balaban J connectivity index is 1.85. The van der Waals surface area contributed by atoms with E-state index in [0.717, 1.165) is 10.4 Å². The van der Waals surface area contributed by atoms with Crippen molar-refractivity contribution in [3.8, 4) is 5.75 Å². The molecule has 2 aromatic carbocycles. The lowest BCUT2D eigenvalue weighted by molar-refractivity contribution is -0.120. The number of anilines is 1. The molecule has 3 rings (SSSR count). The van der Waals surface area contributed by atoms with E-state index in [1.54, 1.807) is 12.1 Å². The monoisotopic (exact) mass is 413 g/mol. The molecule has 7 nitrogen and oxygen atoms in total. The van der Waals surface area contributed by atoms with E-state index in [-0.39, 0.29) is 22.9 Å². The van der Waals surface area contributed by atoms with Gasteiger partial charge in [0.2, 0.25) is 5.91 Å². The van der Waals surface area contributed by atoms with Crippen LogP contribution >= 0.6 is 11.6 Å². The highest BCUT2D eigenvalue weighted by Gasteiger charge is 2.40. The van der Waals surface area contributed by atoms with Gasteiger partial charge in [-0.2, -0.15) is 17.4 Å². The molecule has 0 bridgehead atoms. The largest absolute Gasteiger partial charge is 0.508 e. The smallest absolute Gasteiger partial charge is 0.280 e. The number of phenolic OH excluding ortho intramolecular Hbond substituents is 1. The molecule has 10 heteroatoms. The van der Waals surface area contributed by atoms with Crippen molar-refractivity contribution in [3.63, 3.8) is 0 Å². The Labute approximate surface area is 160 Å². The molecule has 1 aliphatic heterocycles. The summed E-state index contributed by atoms with van der Waals surface area (Å²) in [6.07, 6.45) is 0.139. The first-order valence-electron chi connectivity index (χ1n) is 7.97. The summed E-state index contributed by atoms with van der Waals surface area (Å²) in [4.78, 5) is 12.7. The second kappa shape index (κ2) is 7.43. The number of hydrogen-bond acceptors (Lipinski definition) is 4. The molecule has 1 fully saturated rings. The topological polar surface area (TPSA) is 98.7 Å². The summed E-state index contributed by atoms with van der Waals surface area (Å²) in [5.41, 5.74) is 0.791. The van der Waals surface area contributed by atoms with Crippen molar-refractivity contribution in [3.05, 3.63) is 58.9 Å². The first-order valence-corrected chi connectivity index (χ1v) is 9.79. The Kier molecular flexibility index (Phi) is 5.38. The molecule has 2 unspecified atom stereocenters. The van der Waals surface area contributed by atoms with Crippen molar-refractivity contribution in [2.45, 2.75) is 18.5 Å². The molecule has 2 aromatic rings. The predicted molar refractivity (Wildman–Crippen MR) is 99.1 cm³/mol. The van der Waals surface area contributed by atoms with E-state index in [1.807, 2.05) is 0 Å². The molecular formula is C17H17ClFN3O4S. The number of phenols is 1. The maximum Gasteiger partial charge on any atom is 0.280 e. The van der Waals surface area contributed by atoms with Gasteiger partial charge in [0, 0.05) is 12.7 Å². The van der Waals surface area contributed by atoms with Crippen molar-refractivity contribution < 1.29 is 22.7 Å². The molecule has 1 aliphatic rings. The number of amides is 1. The Hall–Kier alpha value is -2.20. The molecule has 0 saturated carbocycles. The third-order valence-electron chi connectivity index (χ3n) is 4.33. The summed E-state index contributed by atoms with van der Waals surface area (Å²) in [6, 6.07) is 8.15. The van der Waals surface area contributed by atoms with Gasteiger partial charge >= 0.3 is 0 Å². The van der Waals surface area contributed by atoms with Gasteiger partial charge in [-0.1, -0.05) is 23.7 Å². The van der Waals surface area contributed by atoms with Crippen LogP contribution < -0.4 is 10.0 Å². The van der Waals surface area contributed by atoms with E-state index >= 15 is 0 Å². The number of carbonyl (C=O) groups is 1. The average molecular weight is 414 g/mol. The maximum absolute atomic E-state index is 13.3. The fraction of sp³-hybridized carbons (Fsp3) is 0.235. The summed E-state index contributed by atoms with van der Waals surface area (Å²) in [5.74, 6) is -1.21.